The van der Waals surface area contributed by atoms with Gasteiger partial charge in [0.05, 0.1) is 24.9 Å². The first-order chi connectivity index (χ1) is 13.2. The number of hydrogen-bond donors (Lipinski definition) is 4. The number of H-pyrrole nitrogens is 2. The molecule has 27 heavy (non-hydrogen) atoms. The second-order valence-corrected chi connectivity index (χ2v) is 6.83. The summed E-state index contributed by atoms with van der Waals surface area (Å²) in [6.45, 7) is 0.558. The molecular formula is C18H26N6O3. The van der Waals surface area contributed by atoms with Crippen molar-refractivity contribution in [3.63, 3.8) is 0 Å². The van der Waals surface area contributed by atoms with Crippen LogP contribution in [-0.4, -0.2) is 57.8 Å². The first-order valence-corrected chi connectivity index (χ1v) is 9.21. The molecule has 0 saturated heterocycles. The van der Waals surface area contributed by atoms with Gasteiger partial charge in [-0.15, -0.1) is 0 Å². The van der Waals surface area contributed by atoms with Gasteiger partial charge in [-0.05, 0) is 25.3 Å². The minimum atomic E-state index is -0.178. The summed E-state index contributed by atoms with van der Waals surface area (Å²) in [6, 6.07) is 1.59. The number of aromatic nitrogens is 4. The molecule has 0 aliphatic heterocycles. The van der Waals surface area contributed by atoms with Gasteiger partial charge in [0.2, 0.25) is 11.8 Å². The largest absolute Gasteiger partial charge is 0.379 e. The molecule has 146 valence electrons. The van der Waals surface area contributed by atoms with E-state index in [1.807, 2.05) is 0 Å². The second kappa shape index (κ2) is 9.31. The van der Waals surface area contributed by atoms with E-state index in [1.165, 1.54) is 0 Å². The number of aromatic amines is 2. The number of nitrogens with zero attached hydrogens (tertiary/aromatic N) is 2. The highest BCUT2D eigenvalue weighted by Crippen LogP contribution is 2.26. The highest BCUT2D eigenvalue weighted by molar-refractivity contribution is 5.80. The van der Waals surface area contributed by atoms with E-state index in [0.29, 0.717) is 19.4 Å². The molecule has 0 spiro atoms. The average molecular weight is 374 g/mol. The van der Waals surface area contributed by atoms with Gasteiger partial charge in [0.25, 0.3) is 0 Å². The normalized spacial score (nSPS) is 22.3. The number of amides is 2. The van der Waals surface area contributed by atoms with E-state index in [-0.39, 0.29) is 36.3 Å². The van der Waals surface area contributed by atoms with Crippen LogP contribution in [0.1, 0.15) is 30.7 Å². The van der Waals surface area contributed by atoms with E-state index in [0.717, 1.165) is 24.2 Å². The van der Waals surface area contributed by atoms with Crippen LogP contribution >= 0.6 is 0 Å². The third kappa shape index (κ3) is 5.40. The van der Waals surface area contributed by atoms with Gasteiger partial charge < -0.3 is 20.4 Å². The van der Waals surface area contributed by atoms with Gasteiger partial charge in [-0.25, -0.2) is 4.98 Å². The van der Waals surface area contributed by atoms with Gasteiger partial charge >= 0.3 is 0 Å². The van der Waals surface area contributed by atoms with Crippen LogP contribution in [0.2, 0.25) is 0 Å². The topological polar surface area (TPSA) is 125 Å². The Bertz CT molecular complexity index is 716. The monoisotopic (exact) mass is 374 g/mol. The van der Waals surface area contributed by atoms with E-state index >= 15 is 0 Å². The van der Waals surface area contributed by atoms with E-state index < -0.39 is 0 Å². The summed E-state index contributed by atoms with van der Waals surface area (Å²) >= 11 is 0. The zero-order valence-corrected chi connectivity index (χ0v) is 15.4. The minimum absolute atomic E-state index is 0.0249. The van der Waals surface area contributed by atoms with Gasteiger partial charge in [0.15, 0.2) is 0 Å². The predicted octanol–water partition coefficient (Wildman–Crippen LogP) is 0.334. The SMILES string of the molecule is CO[C@@H]1CC[C@H](C(=O)NCCc2cnc[nH]2)C[C@H]1NC(=O)Cc1ccn[nH]1. The third-order valence-electron chi connectivity index (χ3n) is 4.96. The number of ether oxygens (including phenoxy) is 1. The van der Waals surface area contributed by atoms with Crippen molar-refractivity contribution < 1.29 is 14.3 Å². The first-order valence-electron chi connectivity index (χ1n) is 9.21. The molecule has 1 aliphatic rings. The van der Waals surface area contributed by atoms with Crippen molar-refractivity contribution >= 4 is 11.8 Å². The molecule has 2 aromatic rings. The summed E-state index contributed by atoms with van der Waals surface area (Å²) in [5.41, 5.74) is 1.74. The quantitative estimate of drug-likeness (QED) is 0.530. The van der Waals surface area contributed by atoms with Crippen LogP contribution in [-0.2, 0) is 27.2 Å². The summed E-state index contributed by atoms with van der Waals surface area (Å²) in [7, 11) is 1.64. The van der Waals surface area contributed by atoms with Gasteiger partial charge in [0.1, 0.15) is 0 Å². The predicted molar refractivity (Wildman–Crippen MR) is 97.7 cm³/mol. The van der Waals surface area contributed by atoms with Gasteiger partial charge in [0, 0.05) is 49.8 Å². The van der Waals surface area contributed by atoms with Crippen LogP contribution in [0.4, 0.5) is 0 Å². The molecule has 2 aromatic heterocycles. The number of carbonyl (C=O) groups excluding carboxylic acids is 2. The van der Waals surface area contributed by atoms with Crippen LogP contribution in [0.15, 0.2) is 24.8 Å². The molecule has 1 saturated carbocycles. The Hall–Kier alpha value is -2.68. The van der Waals surface area contributed by atoms with Gasteiger partial charge in [-0.1, -0.05) is 0 Å². The minimum Gasteiger partial charge on any atom is -0.379 e. The zero-order valence-electron chi connectivity index (χ0n) is 15.4. The molecule has 0 aromatic carbocycles. The van der Waals surface area contributed by atoms with Crippen LogP contribution in [0.25, 0.3) is 0 Å². The summed E-state index contributed by atoms with van der Waals surface area (Å²) < 4.78 is 5.52. The van der Waals surface area contributed by atoms with Crippen molar-refractivity contribution in [3.05, 3.63) is 36.2 Å². The lowest BCUT2D eigenvalue weighted by Gasteiger charge is -2.35. The van der Waals surface area contributed by atoms with E-state index in [1.54, 1.807) is 31.9 Å². The standard InChI is InChI=1S/C18H26N6O3/c1-27-16-3-2-12(18(26)20-6-4-14-10-19-11-21-14)8-15(16)23-17(25)9-13-5-7-22-24-13/h5,7,10-12,15-16H,2-4,6,8-9H2,1H3,(H,19,21)(H,20,26)(H,22,24)(H,23,25)/t12-,15+,16+/m0/s1. The lowest BCUT2D eigenvalue weighted by Crippen LogP contribution is -2.50. The van der Waals surface area contributed by atoms with E-state index in [9.17, 15) is 9.59 Å². The molecule has 4 N–H and O–H groups in total. The fraction of sp³-hybridized carbons (Fsp3) is 0.556. The fourth-order valence-corrected chi connectivity index (χ4v) is 3.51. The number of imidazole rings is 1. The van der Waals surface area contributed by atoms with Gasteiger partial charge in [-0.3, -0.25) is 14.7 Å². The number of carbonyl (C=O) groups is 2. The Kier molecular flexibility index (Phi) is 6.59. The van der Waals surface area contributed by atoms with Crippen LogP contribution in [0.3, 0.4) is 0 Å². The molecule has 2 amide bonds. The molecule has 1 fully saturated rings. The molecule has 1 aliphatic carbocycles. The van der Waals surface area contributed by atoms with Crippen molar-refractivity contribution in [2.45, 2.75) is 44.2 Å². The molecule has 0 unspecified atom stereocenters. The smallest absolute Gasteiger partial charge is 0.226 e. The molecule has 3 atom stereocenters. The average Bonchev–Trinajstić information content (AvgIpc) is 3.35. The van der Waals surface area contributed by atoms with Crippen molar-refractivity contribution in [1.29, 1.82) is 0 Å². The summed E-state index contributed by atoms with van der Waals surface area (Å²) in [5.74, 6) is -0.209. The summed E-state index contributed by atoms with van der Waals surface area (Å²) in [6.07, 6.45) is 7.92. The maximum Gasteiger partial charge on any atom is 0.226 e. The van der Waals surface area contributed by atoms with Crippen molar-refractivity contribution in [2.75, 3.05) is 13.7 Å². The second-order valence-electron chi connectivity index (χ2n) is 6.83. The Balaban J connectivity index is 1.49. The Labute approximate surface area is 157 Å². The highest BCUT2D eigenvalue weighted by Gasteiger charge is 2.34. The van der Waals surface area contributed by atoms with Crippen molar-refractivity contribution in [1.82, 2.24) is 30.8 Å². The molecule has 3 rings (SSSR count). The Morgan fingerprint density at radius 3 is 2.93 bits per heavy atom. The molecule has 2 heterocycles. The molecular weight excluding hydrogens is 348 g/mol. The van der Waals surface area contributed by atoms with E-state index in [4.69, 9.17) is 4.74 Å². The number of rotatable bonds is 8. The lowest BCUT2D eigenvalue weighted by molar-refractivity contribution is -0.129. The summed E-state index contributed by atoms with van der Waals surface area (Å²) in [4.78, 5) is 31.8. The van der Waals surface area contributed by atoms with Crippen molar-refractivity contribution in [2.24, 2.45) is 5.92 Å². The molecule has 0 radical (unpaired) electrons. The molecule has 9 nitrogen and oxygen atoms in total. The van der Waals surface area contributed by atoms with Crippen molar-refractivity contribution in [3.8, 4) is 0 Å². The van der Waals surface area contributed by atoms with Crippen LogP contribution in [0, 0.1) is 5.92 Å². The number of nitrogens with one attached hydrogen (secondary N) is 4. The third-order valence-corrected chi connectivity index (χ3v) is 4.96. The summed E-state index contributed by atoms with van der Waals surface area (Å²) in [5, 5.41) is 12.6. The maximum atomic E-state index is 12.5. The van der Waals surface area contributed by atoms with Gasteiger partial charge in [-0.2, -0.15) is 5.10 Å². The zero-order chi connectivity index (χ0) is 19.1. The Morgan fingerprint density at radius 1 is 1.33 bits per heavy atom. The maximum absolute atomic E-state index is 12.5. The lowest BCUT2D eigenvalue weighted by atomic mass is 9.83. The number of hydrogen-bond acceptors (Lipinski definition) is 5. The molecule has 0 bridgehead atoms. The molecule has 9 heteroatoms. The van der Waals surface area contributed by atoms with Crippen LogP contribution in [0.5, 0.6) is 0 Å². The number of methoxy groups -OCH3 is 1. The van der Waals surface area contributed by atoms with E-state index in [2.05, 4.69) is 30.8 Å². The highest BCUT2D eigenvalue weighted by atomic mass is 16.5. The van der Waals surface area contributed by atoms with Crippen LogP contribution < -0.4 is 10.6 Å². The fourth-order valence-electron chi connectivity index (χ4n) is 3.51. The Morgan fingerprint density at radius 2 is 2.22 bits per heavy atom. The first kappa shape index (κ1) is 19.1.